The van der Waals surface area contributed by atoms with Gasteiger partial charge in [0.25, 0.3) is 11.2 Å². The molecule has 9 nitrogen and oxygen atoms in total. The van der Waals surface area contributed by atoms with Crippen molar-refractivity contribution in [2.75, 3.05) is 21.3 Å². The first-order chi connectivity index (χ1) is 18.8. The second-order valence-corrected chi connectivity index (χ2v) is 9.72. The van der Waals surface area contributed by atoms with Gasteiger partial charge in [-0.05, 0) is 36.8 Å². The Morgan fingerprint density at radius 2 is 1.64 bits per heavy atom. The van der Waals surface area contributed by atoms with Crippen molar-refractivity contribution in [3.8, 4) is 22.9 Å². The average Bonchev–Trinajstić information content (AvgIpc) is 3.32. The molecule has 0 aliphatic carbocycles. The molecule has 0 atom stereocenters. The van der Waals surface area contributed by atoms with Crippen LogP contribution in [0.4, 0.5) is 5.69 Å². The van der Waals surface area contributed by atoms with Gasteiger partial charge in [-0.1, -0.05) is 34.1 Å². The molecule has 5 rings (SSSR count). The predicted molar refractivity (Wildman–Crippen MR) is 154 cm³/mol. The molecule has 0 spiro atoms. The van der Waals surface area contributed by atoms with Gasteiger partial charge in [0.15, 0.2) is 11.5 Å². The van der Waals surface area contributed by atoms with Gasteiger partial charge in [-0.15, -0.1) is 0 Å². The van der Waals surface area contributed by atoms with Crippen LogP contribution in [0.1, 0.15) is 18.2 Å². The van der Waals surface area contributed by atoms with Crippen LogP contribution < -0.4 is 19.8 Å². The highest BCUT2D eigenvalue weighted by Gasteiger charge is 2.26. The van der Waals surface area contributed by atoms with Gasteiger partial charge in [0, 0.05) is 47.0 Å². The number of pyridine rings is 1. The standard InChI is InChI=1S/C29H26BrN3O6/c1-5-31-23-16-24(37-2)27(38-3)28(39-4)25(23)26-21(29(31)34)15-20(14-17-8-6-7-9-22(17)30)32(26)18-10-12-19(13-11-18)33(35)36/h6-13,15-16H,5,14H2,1-4H3. The molecule has 5 aromatic rings. The fourth-order valence-corrected chi connectivity index (χ4v) is 5.54. The first-order valence-electron chi connectivity index (χ1n) is 12.2. The maximum Gasteiger partial charge on any atom is 0.269 e. The number of nitro groups is 1. The molecule has 200 valence electrons. The number of halogens is 1. The van der Waals surface area contributed by atoms with Crippen molar-refractivity contribution in [3.63, 3.8) is 0 Å². The van der Waals surface area contributed by atoms with E-state index in [4.69, 9.17) is 14.2 Å². The Labute approximate surface area is 232 Å². The number of aromatic nitrogens is 2. The molecular weight excluding hydrogens is 566 g/mol. The Morgan fingerprint density at radius 1 is 0.949 bits per heavy atom. The highest BCUT2D eigenvalue weighted by atomic mass is 79.9. The average molecular weight is 592 g/mol. The van der Waals surface area contributed by atoms with Crippen LogP contribution in [0, 0.1) is 10.1 Å². The molecule has 10 heteroatoms. The van der Waals surface area contributed by atoms with Gasteiger partial charge in [-0.3, -0.25) is 14.9 Å². The third-order valence-corrected chi connectivity index (χ3v) is 7.63. The number of nitro benzene ring substituents is 1. The van der Waals surface area contributed by atoms with Gasteiger partial charge in [-0.25, -0.2) is 0 Å². The molecule has 0 radical (unpaired) electrons. The number of aryl methyl sites for hydroxylation is 1. The van der Waals surface area contributed by atoms with Gasteiger partial charge < -0.3 is 23.3 Å². The van der Waals surface area contributed by atoms with E-state index in [1.807, 2.05) is 41.8 Å². The molecular formula is C29H26BrN3O6. The minimum Gasteiger partial charge on any atom is -0.493 e. The molecule has 0 amide bonds. The maximum absolute atomic E-state index is 13.9. The van der Waals surface area contributed by atoms with Crippen molar-refractivity contribution < 1.29 is 19.1 Å². The smallest absolute Gasteiger partial charge is 0.269 e. The molecule has 0 unspecified atom stereocenters. The number of fused-ring (bicyclic) bond motifs is 3. The second kappa shape index (κ2) is 10.5. The molecule has 39 heavy (non-hydrogen) atoms. The van der Waals surface area contributed by atoms with Gasteiger partial charge in [0.2, 0.25) is 5.75 Å². The Morgan fingerprint density at radius 3 is 2.23 bits per heavy atom. The fourth-order valence-electron chi connectivity index (χ4n) is 5.11. The lowest BCUT2D eigenvalue weighted by Gasteiger charge is -2.19. The number of rotatable bonds is 8. The molecule has 2 heterocycles. The molecule has 3 aromatic carbocycles. The maximum atomic E-state index is 13.9. The summed E-state index contributed by atoms with van der Waals surface area (Å²) in [6.07, 6.45) is 0.496. The van der Waals surface area contributed by atoms with E-state index in [2.05, 4.69) is 15.9 Å². The molecule has 0 N–H and O–H groups in total. The van der Waals surface area contributed by atoms with Gasteiger partial charge in [0.05, 0.1) is 48.1 Å². The summed E-state index contributed by atoms with van der Waals surface area (Å²) in [5, 5.41) is 12.5. The van der Waals surface area contributed by atoms with Gasteiger partial charge in [0.1, 0.15) is 0 Å². The number of hydrogen-bond acceptors (Lipinski definition) is 6. The lowest BCUT2D eigenvalue weighted by molar-refractivity contribution is -0.384. The summed E-state index contributed by atoms with van der Waals surface area (Å²) in [6.45, 7) is 2.33. The van der Waals surface area contributed by atoms with Gasteiger partial charge >= 0.3 is 0 Å². The number of non-ortho nitro benzene ring substituents is 1. The lowest BCUT2D eigenvalue weighted by atomic mass is 10.1. The summed E-state index contributed by atoms with van der Waals surface area (Å²) in [5.41, 5.74) is 3.58. The van der Waals surface area contributed by atoms with E-state index in [1.165, 1.54) is 26.4 Å². The molecule has 2 aromatic heterocycles. The molecule has 0 fully saturated rings. The minimum absolute atomic E-state index is 0.0234. The second-order valence-electron chi connectivity index (χ2n) is 8.86. The zero-order chi connectivity index (χ0) is 27.8. The van der Waals surface area contributed by atoms with Crippen LogP contribution >= 0.6 is 15.9 Å². The van der Waals surface area contributed by atoms with Crippen LogP contribution in [0.5, 0.6) is 17.2 Å². The third kappa shape index (κ3) is 4.30. The van der Waals surface area contributed by atoms with E-state index in [0.29, 0.717) is 57.7 Å². The van der Waals surface area contributed by atoms with Crippen LogP contribution in [0.2, 0.25) is 0 Å². The van der Waals surface area contributed by atoms with Crippen LogP contribution in [-0.2, 0) is 13.0 Å². The largest absolute Gasteiger partial charge is 0.493 e. The quantitative estimate of drug-likeness (QED) is 0.156. The predicted octanol–water partition coefficient (Wildman–Crippen LogP) is 6.25. The number of ether oxygens (including phenoxy) is 3. The number of hydrogen-bond donors (Lipinski definition) is 0. The van der Waals surface area contributed by atoms with Crippen LogP contribution in [-0.4, -0.2) is 35.4 Å². The Balaban J connectivity index is 1.98. The highest BCUT2D eigenvalue weighted by Crippen LogP contribution is 2.46. The summed E-state index contributed by atoms with van der Waals surface area (Å²) in [5.74, 6) is 1.26. The topological polar surface area (TPSA) is 97.8 Å². The summed E-state index contributed by atoms with van der Waals surface area (Å²) in [4.78, 5) is 24.9. The van der Waals surface area contributed by atoms with Crippen LogP contribution in [0.25, 0.3) is 27.5 Å². The van der Waals surface area contributed by atoms with Crippen LogP contribution in [0.3, 0.4) is 0 Å². The number of methoxy groups -OCH3 is 3. The zero-order valence-electron chi connectivity index (χ0n) is 21.9. The van der Waals surface area contributed by atoms with E-state index in [9.17, 15) is 14.9 Å². The van der Waals surface area contributed by atoms with Crippen molar-refractivity contribution in [3.05, 3.63) is 96.9 Å². The SMILES string of the molecule is CCn1c(=O)c2cc(Cc3ccccc3Br)n(-c3ccc([N+](=O)[O-])cc3)c2c2c(OC)c(OC)c(OC)cc21. The van der Waals surface area contributed by atoms with Gasteiger partial charge in [-0.2, -0.15) is 0 Å². The minimum atomic E-state index is -0.435. The summed E-state index contributed by atoms with van der Waals surface area (Å²) < 4.78 is 21.8. The Kier molecular flexibility index (Phi) is 7.05. The van der Waals surface area contributed by atoms with Crippen LogP contribution in [0.15, 0.2) is 69.9 Å². The summed E-state index contributed by atoms with van der Waals surface area (Å²) in [7, 11) is 4.61. The van der Waals surface area contributed by atoms with E-state index in [0.717, 1.165) is 15.7 Å². The van der Waals surface area contributed by atoms with E-state index in [-0.39, 0.29) is 11.2 Å². The lowest BCUT2D eigenvalue weighted by Crippen LogP contribution is -2.20. The first kappa shape index (κ1) is 26.3. The van der Waals surface area contributed by atoms with Crippen molar-refractivity contribution >= 4 is 43.4 Å². The molecule has 0 bridgehead atoms. The normalized spacial score (nSPS) is 11.2. The molecule has 0 saturated carbocycles. The molecule has 0 saturated heterocycles. The van der Waals surface area contributed by atoms with Crippen molar-refractivity contribution in [1.29, 1.82) is 0 Å². The Bertz CT molecular complexity index is 1790. The van der Waals surface area contributed by atoms with Crippen molar-refractivity contribution in [1.82, 2.24) is 9.13 Å². The Hall–Kier alpha value is -4.31. The molecule has 0 aliphatic heterocycles. The number of nitrogens with zero attached hydrogens (tertiary/aromatic N) is 3. The van der Waals surface area contributed by atoms with E-state index < -0.39 is 4.92 Å². The van der Waals surface area contributed by atoms with Crippen molar-refractivity contribution in [2.24, 2.45) is 0 Å². The van der Waals surface area contributed by atoms with E-state index in [1.54, 1.807) is 29.9 Å². The highest BCUT2D eigenvalue weighted by molar-refractivity contribution is 9.10. The zero-order valence-corrected chi connectivity index (χ0v) is 23.4. The number of benzene rings is 3. The van der Waals surface area contributed by atoms with E-state index >= 15 is 0 Å². The summed E-state index contributed by atoms with van der Waals surface area (Å²) in [6, 6.07) is 17.8. The third-order valence-electron chi connectivity index (χ3n) is 6.85. The fraction of sp³-hybridized carbons (Fsp3) is 0.207. The monoisotopic (exact) mass is 591 g/mol. The molecule has 0 aliphatic rings. The summed E-state index contributed by atoms with van der Waals surface area (Å²) >= 11 is 3.64. The first-order valence-corrected chi connectivity index (χ1v) is 13.0. The van der Waals surface area contributed by atoms with Crippen molar-refractivity contribution in [2.45, 2.75) is 19.9 Å².